The van der Waals surface area contributed by atoms with Gasteiger partial charge in [0.05, 0.1) is 18.7 Å². The van der Waals surface area contributed by atoms with E-state index in [2.05, 4.69) is 20.3 Å². The standard InChI is InChI=1S/C20H33N5O7S/c26-11-14-16(27)17(28)20(32-14)25-13-24-15-18(22-12-23-19(15)25)21-9-7-5-3-1-2-4-6-8-10-33(29,30)31/h12-14,16-17,20,26-28H,1-11H2,(H,21,22,23)(H,29,30,31)/t14-,16?,17?,20-/m1/s1. The van der Waals surface area contributed by atoms with Gasteiger partial charge in [-0.1, -0.05) is 38.5 Å². The molecule has 33 heavy (non-hydrogen) atoms. The molecule has 13 heteroatoms. The first kappa shape index (κ1) is 25.7. The highest BCUT2D eigenvalue weighted by Crippen LogP contribution is 2.32. The van der Waals surface area contributed by atoms with Gasteiger partial charge in [0.25, 0.3) is 10.1 Å². The third kappa shape index (κ3) is 7.04. The van der Waals surface area contributed by atoms with Crippen LogP contribution in [0.4, 0.5) is 5.82 Å². The molecule has 3 rings (SSSR count). The number of nitrogens with one attached hydrogen (secondary N) is 1. The number of aromatic nitrogens is 4. The zero-order chi connectivity index (χ0) is 23.8. The summed E-state index contributed by atoms with van der Waals surface area (Å²) < 4.78 is 37.1. The molecule has 0 saturated carbocycles. The third-order valence-electron chi connectivity index (χ3n) is 5.77. The van der Waals surface area contributed by atoms with Gasteiger partial charge in [0.1, 0.15) is 24.6 Å². The van der Waals surface area contributed by atoms with E-state index in [0.717, 1.165) is 44.9 Å². The van der Waals surface area contributed by atoms with E-state index in [1.807, 2.05) is 0 Å². The van der Waals surface area contributed by atoms with Crippen LogP contribution in [0.25, 0.3) is 11.2 Å². The van der Waals surface area contributed by atoms with Crippen molar-refractivity contribution < 1.29 is 33.0 Å². The number of ether oxygens (including phenoxy) is 1. The van der Waals surface area contributed by atoms with E-state index in [-0.39, 0.29) is 5.75 Å². The summed E-state index contributed by atoms with van der Waals surface area (Å²) in [6.07, 6.45) is 6.14. The number of imidazole rings is 1. The molecule has 4 atom stereocenters. The van der Waals surface area contributed by atoms with Crippen molar-refractivity contribution >= 4 is 27.1 Å². The Morgan fingerprint density at radius 1 is 0.970 bits per heavy atom. The van der Waals surface area contributed by atoms with Gasteiger partial charge < -0.3 is 25.4 Å². The monoisotopic (exact) mass is 487 g/mol. The summed E-state index contributed by atoms with van der Waals surface area (Å²) in [6, 6.07) is 0. The molecule has 186 valence electrons. The van der Waals surface area contributed by atoms with Crippen molar-refractivity contribution in [3.63, 3.8) is 0 Å². The topological polar surface area (TPSA) is 180 Å². The SMILES string of the molecule is O=S(=O)(O)CCCCCCCCCCNc1ncnc2c1ncn2[C@@H]1O[C@H](CO)C(O)C1O. The van der Waals surface area contributed by atoms with Crippen LogP contribution in [-0.2, 0) is 14.9 Å². The lowest BCUT2D eigenvalue weighted by Crippen LogP contribution is -2.33. The second-order valence-electron chi connectivity index (χ2n) is 8.32. The van der Waals surface area contributed by atoms with Crippen LogP contribution in [0, 0.1) is 0 Å². The Balaban J connectivity index is 1.40. The maximum Gasteiger partial charge on any atom is 0.264 e. The number of rotatable bonds is 14. The van der Waals surface area contributed by atoms with Gasteiger partial charge in [0, 0.05) is 6.54 Å². The van der Waals surface area contributed by atoms with E-state index in [0.29, 0.717) is 29.9 Å². The molecule has 12 nitrogen and oxygen atoms in total. The van der Waals surface area contributed by atoms with E-state index in [1.54, 1.807) is 0 Å². The van der Waals surface area contributed by atoms with Crippen LogP contribution in [0.3, 0.4) is 0 Å². The first-order valence-corrected chi connectivity index (χ1v) is 12.9. The van der Waals surface area contributed by atoms with Crippen LogP contribution in [0.5, 0.6) is 0 Å². The van der Waals surface area contributed by atoms with Crippen LogP contribution >= 0.6 is 0 Å². The zero-order valence-electron chi connectivity index (χ0n) is 18.5. The summed E-state index contributed by atoms with van der Waals surface area (Å²) in [7, 11) is -3.84. The molecule has 3 heterocycles. The summed E-state index contributed by atoms with van der Waals surface area (Å²) >= 11 is 0. The fraction of sp³-hybridized carbons (Fsp3) is 0.750. The van der Waals surface area contributed by atoms with Crippen molar-refractivity contribution in [1.82, 2.24) is 19.5 Å². The molecule has 5 N–H and O–H groups in total. The van der Waals surface area contributed by atoms with Gasteiger partial charge in [0.2, 0.25) is 0 Å². The average molecular weight is 488 g/mol. The quantitative estimate of drug-likeness (QED) is 0.188. The summed E-state index contributed by atoms with van der Waals surface area (Å²) in [4.78, 5) is 12.8. The van der Waals surface area contributed by atoms with E-state index in [9.17, 15) is 23.7 Å². The van der Waals surface area contributed by atoms with Crippen LogP contribution in [-0.4, -0.2) is 85.0 Å². The Hall–Kier alpha value is -1.90. The van der Waals surface area contributed by atoms with E-state index >= 15 is 0 Å². The Morgan fingerprint density at radius 3 is 2.27 bits per heavy atom. The molecule has 0 spiro atoms. The minimum absolute atomic E-state index is 0.160. The number of aliphatic hydroxyl groups excluding tert-OH is 3. The number of anilines is 1. The van der Waals surface area contributed by atoms with Gasteiger partial charge in [-0.3, -0.25) is 9.12 Å². The fourth-order valence-corrected chi connectivity index (χ4v) is 4.52. The van der Waals surface area contributed by atoms with Crippen molar-refractivity contribution in [2.75, 3.05) is 24.2 Å². The van der Waals surface area contributed by atoms with E-state index < -0.39 is 41.3 Å². The normalized spacial score (nSPS) is 23.4. The summed E-state index contributed by atoms with van der Waals surface area (Å²) in [5.41, 5.74) is 0.983. The van der Waals surface area contributed by atoms with Crippen LogP contribution in [0.2, 0.25) is 0 Å². The van der Waals surface area contributed by atoms with Gasteiger partial charge in [-0.15, -0.1) is 0 Å². The molecule has 0 aromatic carbocycles. The van der Waals surface area contributed by atoms with Gasteiger partial charge in [-0.2, -0.15) is 8.42 Å². The molecule has 0 aliphatic carbocycles. The molecular weight excluding hydrogens is 454 g/mol. The maximum atomic E-state index is 10.7. The zero-order valence-corrected chi connectivity index (χ0v) is 19.3. The summed E-state index contributed by atoms with van der Waals surface area (Å²) in [6.45, 7) is 0.304. The second kappa shape index (κ2) is 12.0. The molecule has 2 aromatic heterocycles. The highest BCUT2D eigenvalue weighted by molar-refractivity contribution is 7.85. The molecule has 1 aliphatic heterocycles. The molecule has 2 aromatic rings. The first-order chi connectivity index (χ1) is 15.8. The van der Waals surface area contributed by atoms with Crippen molar-refractivity contribution in [1.29, 1.82) is 0 Å². The highest BCUT2D eigenvalue weighted by Gasteiger charge is 2.44. The average Bonchev–Trinajstić information content (AvgIpc) is 3.32. The molecule has 2 unspecified atom stereocenters. The van der Waals surface area contributed by atoms with Crippen molar-refractivity contribution in [3.8, 4) is 0 Å². The summed E-state index contributed by atoms with van der Waals surface area (Å²) in [5.74, 6) is 0.413. The Morgan fingerprint density at radius 2 is 1.64 bits per heavy atom. The molecule has 0 radical (unpaired) electrons. The number of hydrogen-bond acceptors (Lipinski definition) is 10. The highest BCUT2D eigenvalue weighted by atomic mass is 32.2. The smallest absolute Gasteiger partial charge is 0.264 e. The number of hydrogen-bond donors (Lipinski definition) is 5. The van der Waals surface area contributed by atoms with Crippen LogP contribution in [0.1, 0.15) is 57.6 Å². The predicted octanol–water partition coefficient (Wildman–Crippen LogP) is 0.858. The molecule has 1 saturated heterocycles. The molecule has 0 bridgehead atoms. The Kier molecular flexibility index (Phi) is 9.35. The Bertz CT molecular complexity index is 986. The second-order valence-corrected chi connectivity index (χ2v) is 9.89. The summed E-state index contributed by atoms with van der Waals surface area (Å²) in [5, 5.41) is 32.8. The predicted molar refractivity (Wildman–Crippen MR) is 120 cm³/mol. The fourth-order valence-electron chi connectivity index (χ4n) is 3.95. The molecule has 0 amide bonds. The van der Waals surface area contributed by atoms with Gasteiger partial charge in [-0.25, -0.2) is 15.0 Å². The number of fused-ring (bicyclic) bond motifs is 1. The minimum Gasteiger partial charge on any atom is -0.394 e. The van der Waals surface area contributed by atoms with Gasteiger partial charge in [0.15, 0.2) is 23.2 Å². The lowest BCUT2D eigenvalue weighted by molar-refractivity contribution is -0.0511. The number of nitrogens with zero attached hydrogens (tertiary/aromatic N) is 4. The van der Waals surface area contributed by atoms with Gasteiger partial charge >= 0.3 is 0 Å². The molecule has 1 aliphatic rings. The third-order valence-corrected chi connectivity index (χ3v) is 6.58. The van der Waals surface area contributed by atoms with Crippen LogP contribution in [0.15, 0.2) is 12.7 Å². The maximum absolute atomic E-state index is 10.7. The largest absolute Gasteiger partial charge is 0.394 e. The van der Waals surface area contributed by atoms with Crippen molar-refractivity contribution in [2.45, 2.75) is 75.9 Å². The van der Waals surface area contributed by atoms with Crippen molar-refractivity contribution in [3.05, 3.63) is 12.7 Å². The minimum atomic E-state index is -3.84. The number of unbranched alkanes of at least 4 members (excludes halogenated alkanes) is 7. The molecule has 1 fully saturated rings. The first-order valence-electron chi connectivity index (χ1n) is 11.3. The lowest BCUT2D eigenvalue weighted by atomic mass is 10.1. The lowest BCUT2D eigenvalue weighted by Gasteiger charge is -2.16. The van der Waals surface area contributed by atoms with E-state index in [4.69, 9.17) is 9.29 Å². The Labute approximate surface area is 192 Å². The number of aliphatic hydroxyl groups is 3. The van der Waals surface area contributed by atoms with Crippen LogP contribution < -0.4 is 5.32 Å². The van der Waals surface area contributed by atoms with Gasteiger partial charge in [-0.05, 0) is 12.8 Å². The van der Waals surface area contributed by atoms with E-state index in [1.165, 1.54) is 17.2 Å². The van der Waals surface area contributed by atoms with Crippen molar-refractivity contribution in [2.24, 2.45) is 0 Å². The molecular formula is C20H33N5O7S.